The van der Waals surface area contributed by atoms with Crippen LogP contribution in [0.2, 0.25) is 0 Å². The molecule has 0 saturated carbocycles. The Kier molecular flexibility index (Phi) is 2.31. The van der Waals surface area contributed by atoms with Gasteiger partial charge < -0.3 is 20.7 Å². The second kappa shape index (κ2) is 3.85. The maximum absolute atomic E-state index is 11.2. The lowest BCUT2D eigenvalue weighted by Gasteiger charge is -2.00. The Balaban J connectivity index is 2.21. The number of imidazole rings is 2. The first-order valence-corrected chi connectivity index (χ1v) is 5.65. The van der Waals surface area contributed by atoms with Crippen molar-refractivity contribution in [2.75, 3.05) is 0 Å². The fourth-order valence-electron chi connectivity index (χ4n) is 2.11. The van der Waals surface area contributed by atoms with Gasteiger partial charge in [0.25, 0.3) is 0 Å². The molecule has 0 bridgehead atoms. The number of hydrogen-bond donors (Lipinski definition) is 4. The van der Waals surface area contributed by atoms with Gasteiger partial charge in [0.05, 0.1) is 22.4 Å². The first-order valence-electron chi connectivity index (χ1n) is 5.65. The van der Waals surface area contributed by atoms with E-state index in [2.05, 4.69) is 19.9 Å². The normalized spacial score (nSPS) is 11.2. The van der Waals surface area contributed by atoms with Crippen molar-refractivity contribution in [2.24, 2.45) is 5.73 Å². The molecular weight excluding hydrogens is 230 g/mol. The maximum atomic E-state index is 11.2. The summed E-state index contributed by atoms with van der Waals surface area (Å²) >= 11 is 0. The van der Waals surface area contributed by atoms with Crippen molar-refractivity contribution < 1.29 is 0 Å². The Morgan fingerprint density at radius 2 is 2.00 bits per heavy atom. The van der Waals surface area contributed by atoms with Gasteiger partial charge in [0.2, 0.25) is 0 Å². The van der Waals surface area contributed by atoms with Crippen LogP contribution in [0, 0.1) is 6.92 Å². The van der Waals surface area contributed by atoms with Crippen molar-refractivity contribution in [1.29, 1.82) is 0 Å². The standard InChI is InChI=1S/C12H13N5O/c1-6-14-10(5-13)11(15-6)7-2-3-8-9(4-7)17-12(18)16-8/h2-4H,5,13H2,1H3,(H,14,15)(H2,16,17,18). The number of aromatic amines is 3. The van der Waals surface area contributed by atoms with Gasteiger partial charge in [-0.3, -0.25) is 0 Å². The molecule has 6 nitrogen and oxygen atoms in total. The second-order valence-electron chi connectivity index (χ2n) is 4.19. The first kappa shape index (κ1) is 10.8. The van der Waals surface area contributed by atoms with Crippen molar-refractivity contribution in [3.05, 3.63) is 40.2 Å². The largest absolute Gasteiger partial charge is 0.345 e. The van der Waals surface area contributed by atoms with Crippen molar-refractivity contribution in [1.82, 2.24) is 19.9 Å². The maximum Gasteiger partial charge on any atom is 0.323 e. The number of benzene rings is 1. The van der Waals surface area contributed by atoms with Crippen molar-refractivity contribution in [3.8, 4) is 11.3 Å². The molecule has 0 aliphatic carbocycles. The highest BCUT2D eigenvalue weighted by molar-refractivity contribution is 5.81. The number of fused-ring (bicyclic) bond motifs is 1. The summed E-state index contributed by atoms with van der Waals surface area (Å²) in [4.78, 5) is 24.2. The zero-order valence-electron chi connectivity index (χ0n) is 9.87. The third-order valence-corrected chi connectivity index (χ3v) is 2.89. The van der Waals surface area contributed by atoms with Crippen LogP contribution in [0.3, 0.4) is 0 Å². The van der Waals surface area contributed by atoms with E-state index >= 15 is 0 Å². The van der Waals surface area contributed by atoms with E-state index in [1.54, 1.807) is 0 Å². The van der Waals surface area contributed by atoms with E-state index in [9.17, 15) is 4.79 Å². The molecule has 0 radical (unpaired) electrons. The molecule has 0 aliphatic heterocycles. The summed E-state index contributed by atoms with van der Waals surface area (Å²) in [5.41, 5.74) is 9.68. The van der Waals surface area contributed by atoms with Gasteiger partial charge in [-0.15, -0.1) is 0 Å². The van der Waals surface area contributed by atoms with Crippen LogP contribution in [0.1, 0.15) is 11.5 Å². The molecule has 0 spiro atoms. The number of nitrogens with two attached hydrogens (primary N) is 1. The minimum Gasteiger partial charge on any atom is -0.345 e. The second-order valence-corrected chi connectivity index (χ2v) is 4.19. The van der Waals surface area contributed by atoms with Crippen LogP contribution in [-0.4, -0.2) is 19.9 Å². The molecule has 0 amide bonds. The minimum atomic E-state index is -0.209. The Bertz CT molecular complexity index is 764. The number of nitrogens with one attached hydrogen (secondary N) is 3. The Morgan fingerprint density at radius 3 is 2.78 bits per heavy atom. The van der Waals surface area contributed by atoms with Crippen LogP contribution in [0.5, 0.6) is 0 Å². The van der Waals surface area contributed by atoms with Gasteiger partial charge in [-0.2, -0.15) is 0 Å². The lowest BCUT2D eigenvalue weighted by atomic mass is 10.1. The average Bonchev–Trinajstić information content (AvgIpc) is 2.89. The lowest BCUT2D eigenvalue weighted by molar-refractivity contribution is 0.998. The smallest absolute Gasteiger partial charge is 0.323 e. The van der Waals surface area contributed by atoms with Gasteiger partial charge in [0.1, 0.15) is 5.82 Å². The number of aryl methyl sites for hydroxylation is 1. The third kappa shape index (κ3) is 1.63. The molecule has 2 heterocycles. The molecule has 3 rings (SSSR count). The van der Waals surface area contributed by atoms with Crippen LogP contribution >= 0.6 is 0 Å². The van der Waals surface area contributed by atoms with Gasteiger partial charge >= 0.3 is 5.69 Å². The summed E-state index contributed by atoms with van der Waals surface area (Å²) in [7, 11) is 0. The van der Waals surface area contributed by atoms with Gasteiger partial charge in [-0.1, -0.05) is 6.07 Å². The molecule has 2 aromatic heterocycles. The van der Waals surface area contributed by atoms with E-state index in [0.29, 0.717) is 6.54 Å². The molecule has 6 heteroatoms. The summed E-state index contributed by atoms with van der Waals surface area (Å²) in [5, 5.41) is 0. The average molecular weight is 243 g/mol. The van der Waals surface area contributed by atoms with Gasteiger partial charge in [-0.25, -0.2) is 9.78 Å². The highest BCUT2D eigenvalue weighted by Crippen LogP contribution is 2.23. The number of H-pyrrole nitrogens is 3. The molecular formula is C12H13N5O. The highest BCUT2D eigenvalue weighted by Gasteiger charge is 2.10. The molecule has 0 atom stereocenters. The number of rotatable bonds is 2. The molecule has 0 saturated heterocycles. The molecule has 1 aromatic carbocycles. The third-order valence-electron chi connectivity index (χ3n) is 2.89. The minimum absolute atomic E-state index is 0.209. The predicted molar refractivity (Wildman–Crippen MR) is 69.1 cm³/mol. The van der Waals surface area contributed by atoms with Crippen LogP contribution in [0.25, 0.3) is 22.3 Å². The van der Waals surface area contributed by atoms with Crippen molar-refractivity contribution in [2.45, 2.75) is 13.5 Å². The fourth-order valence-corrected chi connectivity index (χ4v) is 2.11. The Morgan fingerprint density at radius 1 is 1.22 bits per heavy atom. The van der Waals surface area contributed by atoms with Crippen molar-refractivity contribution >= 4 is 11.0 Å². The molecule has 0 fully saturated rings. The summed E-state index contributed by atoms with van der Waals surface area (Å²) in [6.07, 6.45) is 0. The van der Waals surface area contributed by atoms with E-state index in [-0.39, 0.29) is 5.69 Å². The molecule has 92 valence electrons. The van der Waals surface area contributed by atoms with Gasteiger partial charge in [0.15, 0.2) is 0 Å². The lowest BCUT2D eigenvalue weighted by Crippen LogP contribution is -1.99. The Hall–Kier alpha value is -2.34. The highest BCUT2D eigenvalue weighted by atomic mass is 16.1. The van der Waals surface area contributed by atoms with E-state index in [0.717, 1.165) is 33.8 Å². The van der Waals surface area contributed by atoms with Gasteiger partial charge in [0, 0.05) is 12.1 Å². The molecule has 0 unspecified atom stereocenters. The fraction of sp³-hybridized carbons (Fsp3) is 0.167. The monoisotopic (exact) mass is 243 g/mol. The van der Waals surface area contributed by atoms with E-state index < -0.39 is 0 Å². The SMILES string of the molecule is Cc1nc(-c2ccc3[nH]c(=O)[nH]c3c2)c(CN)[nH]1. The molecule has 5 N–H and O–H groups in total. The first-order chi connectivity index (χ1) is 8.67. The predicted octanol–water partition coefficient (Wildman–Crippen LogP) is 1.01. The number of nitrogens with zero attached hydrogens (tertiary/aromatic N) is 1. The molecule has 18 heavy (non-hydrogen) atoms. The summed E-state index contributed by atoms with van der Waals surface area (Å²) in [6, 6.07) is 5.66. The number of hydrogen-bond acceptors (Lipinski definition) is 3. The zero-order chi connectivity index (χ0) is 12.7. The van der Waals surface area contributed by atoms with Gasteiger partial charge in [-0.05, 0) is 19.1 Å². The molecule has 3 aromatic rings. The molecule has 0 aliphatic rings. The summed E-state index contributed by atoms with van der Waals surface area (Å²) in [5.74, 6) is 0.827. The zero-order valence-corrected chi connectivity index (χ0v) is 9.87. The Labute approximate surface area is 102 Å². The van der Waals surface area contributed by atoms with E-state index in [1.807, 2.05) is 25.1 Å². The van der Waals surface area contributed by atoms with Crippen LogP contribution < -0.4 is 11.4 Å². The van der Waals surface area contributed by atoms with Crippen LogP contribution in [-0.2, 0) is 6.54 Å². The van der Waals surface area contributed by atoms with E-state index in [1.165, 1.54) is 0 Å². The van der Waals surface area contributed by atoms with Crippen LogP contribution in [0.4, 0.5) is 0 Å². The topological polar surface area (TPSA) is 103 Å². The van der Waals surface area contributed by atoms with Crippen LogP contribution in [0.15, 0.2) is 23.0 Å². The number of aromatic nitrogens is 4. The summed E-state index contributed by atoms with van der Waals surface area (Å²) < 4.78 is 0. The van der Waals surface area contributed by atoms with E-state index in [4.69, 9.17) is 5.73 Å². The quantitative estimate of drug-likeness (QED) is 0.540. The summed E-state index contributed by atoms with van der Waals surface area (Å²) in [6.45, 7) is 2.29. The van der Waals surface area contributed by atoms with Crippen molar-refractivity contribution in [3.63, 3.8) is 0 Å².